The van der Waals surface area contributed by atoms with Crippen molar-refractivity contribution in [1.82, 2.24) is 25.3 Å². The molecule has 1 N–H and O–H groups in total. The van der Waals surface area contributed by atoms with E-state index in [1.54, 1.807) is 6.20 Å². The lowest BCUT2D eigenvalue weighted by Gasteiger charge is -2.17. The molecule has 0 aliphatic rings. The first-order valence-corrected chi connectivity index (χ1v) is 7.34. The van der Waals surface area contributed by atoms with Gasteiger partial charge in [-0.3, -0.25) is 4.68 Å². The average Bonchev–Trinajstić information content (AvgIpc) is 3.19. The number of rotatable bonds is 6. The van der Waals surface area contributed by atoms with Gasteiger partial charge >= 0.3 is 0 Å². The molecule has 2 atom stereocenters. The zero-order valence-electron chi connectivity index (χ0n) is 12.7. The van der Waals surface area contributed by atoms with Crippen molar-refractivity contribution in [2.24, 2.45) is 0 Å². The van der Waals surface area contributed by atoms with Gasteiger partial charge in [-0.25, -0.2) is 0 Å². The molecule has 114 valence electrons. The summed E-state index contributed by atoms with van der Waals surface area (Å²) in [5, 5.41) is 15.9. The molecule has 0 saturated carbocycles. The van der Waals surface area contributed by atoms with E-state index >= 15 is 0 Å². The zero-order valence-corrected chi connectivity index (χ0v) is 12.7. The van der Waals surface area contributed by atoms with Gasteiger partial charge < -0.3 is 9.73 Å². The molecule has 0 saturated heterocycles. The molecule has 1 aromatic carbocycles. The zero-order chi connectivity index (χ0) is 15.4. The van der Waals surface area contributed by atoms with Crippen LogP contribution in [0, 0.1) is 0 Å². The van der Waals surface area contributed by atoms with Crippen LogP contribution in [0.4, 0.5) is 0 Å². The highest BCUT2D eigenvalue weighted by molar-refractivity contribution is 5.51. The maximum Gasteiger partial charge on any atom is 0.247 e. The van der Waals surface area contributed by atoms with Crippen molar-refractivity contribution >= 4 is 0 Å². The van der Waals surface area contributed by atoms with E-state index in [2.05, 4.69) is 27.5 Å². The van der Waals surface area contributed by atoms with Crippen LogP contribution < -0.4 is 5.32 Å². The normalized spacial score (nSPS) is 13.9. The first kappa shape index (κ1) is 14.5. The van der Waals surface area contributed by atoms with Gasteiger partial charge in [-0.05, 0) is 32.0 Å². The molecule has 0 radical (unpaired) electrons. The fraction of sp³-hybridized carbons (Fsp3) is 0.312. The van der Waals surface area contributed by atoms with Crippen molar-refractivity contribution in [1.29, 1.82) is 0 Å². The SMILES string of the molecule is C[C@H](Cn1cccn1)N[C@H](C)c1nnc(-c2ccccc2)o1. The summed E-state index contributed by atoms with van der Waals surface area (Å²) >= 11 is 0. The van der Waals surface area contributed by atoms with E-state index in [-0.39, 0.29) is 12.1 Å². The Balaban J connectivity index is 1.63. The molecule has 0 aliphatic heterocycles. The second-order valence-electron chi connectivity index (χ2n) is 5.33. The van der Waals surface area contributed by atoms with Crippen LogP contribution in [0.3, 0.4) is 0 Å². The topological polar surface area (TPSA) is 68.8 Å². The van der Waals surface area contributed by atoms with Crippen molar-refractivity contribution < 1.29 is 4.42 Å². The minimum atomic E-state index is -0.0180. The Morgan fingerprint density at radius 1 is 1.14 bits per heavy atom. The van der Waals surface area contributed by atoms with Crippen LogP contribution in [-0.4, -0.2) is 26.0 Å². The van der Waals surface area contributed by atoms with Gasteiger partial charge in [0.25, 0.3) is 0 Å². The molecule has 2 heterocycles. The first-order chi connectivity index (χ1) is 10.7. The number of hydrogen-bond donors (Lipinski definition) is 1. The van der Waals surface area contributed by atoms with Crippen LogP contribution in [0.25, 0.3) is 11.5 Å². The van der Waals surface area contributed by atoms with Gasteiger partial charge in [0.15, 0.2) is 0 Å². The highest BCUT2D eigenvalue weighted by Gasteiger charge is 2.17. The van der Waals surface area contributed by atoms with Crippen LogP contribution in [0.2, 0.25) is 0 Å². The Bertz CT molecular complexity index is 692. The number of aromatic nitrogens is 4. The van der Waals surface area contributed by atoms with E-state index in [0.29, 0.717) is 11.8 Å². The minimum absolute atomic E-state index is 0.0180. The maximum atomic E-state index is 5.76. The van der Waals surface area contributed by atoms with Crippen LogP contribution in [0.1, 0.15) is 25.8 Å². The molecule has 0 aliphatic carbocycles. The second kappa shape index (κ2) is 6.53. The predicted molar refractivity (Wildman–Crippen MR) is 83.0 cm³/mol. The van der Waals surface area contributed by atoms with Crippen LogP contribution in [0.15, 0.2) is 53.2 Å². The largest absolute Gasteiger partial charge is 0.419 e. The molecule has 0 fully saturated rings. The van der Waals surface area contributed by atoms with Crippen LogP contribution >= 0.6 is 0 Å². The quantitative estimate of drug-likeness (QED) is 0.757. The van der Waals surface area contributed by atoms with Gasteiger partial charge in [0.2, 0.25) is 11.8 Å². The summed E-state index contributed by atoms with van der Waals surface area (Å²) in [5.41, 5.74) is 0.929. The third-order valence-electron chi connectivity index (χ3n) is 3.39. The third-order valence-corrected chi connectivity index (χ3v) is 3.39. The third kappa shape index (κ3) is 3.40. The Morgan fingerprint density at radius 2 is 1.95 bits per heavy atom. The van der Waals surface area contributed by atoms with Crippen molar-refractivity contribution in [2.45, 2.75) is 32.5 Å². The van der Waals surface area contributed by atoms with E-state index in [9.17, 15) is 0 Å². The molecule has 2 aromatic heterocycles. The summed E-state index contributed by atoms with van der Waals surface area (Å²) in [6, 6.07) is 11.9. The fourth-order valence-electron chi connectivity index (χ4n) is 2.35. The summed E-state index contributed by atoms with van der Waals surface area (Å²) in [6.07, 6.45) is 3.73. The van der Waals surface area contributed by atoms with Gasteiger partial charge in [0.1, 0.15) is 0 Å². The molecule has 0 spiro atoms. The van der Waals surface area contributed by atoms with Gasteiger partial charge in [-0.1, -0.05) is 18.2 Å². The Hall–Kier alpha value is -2.47. The van der Waals surface area contributed by atoms with Gasteiger partial charge in [-0.15, -0.1) is 10.2 Å². The average molecular weight is 297 g/mol. The summed E-state index contributed by atoms with van der Waals surface area (Å²) in [6.45, 7) is 4.91. The molecule has 22 heavy (non-hydrogen) atoms. The number of hydrogen-bond acceptors (Lipinski definition) is 5. The van der Waals surface area contributed by atoms with E-state index in [1.165, 1.54) is 0 Å². The number of nitrogens with zero attached hydrogens (tertiary/aromatic N) is 4. The Kier molecular flexibility index (Phi) is 4.29. The van der Waals surface area contributed by atoms with Gasteiger partial charge in [-0.2, -0.15) is 5.10 Å². The second-order valence-corrected chi connectivity index (χ2v) is 5.33. The Morgan fingerprint density at radius 3 is 2.68 bits per heavy atom. The number of benzene rings is 1. The Labute approximate surface area is 129 Å². The molecular formula is C16H19N5O. The molecule has 6 heteroatoms. The van der Waals surface area contributed by atoms with E-state index in [1.807, 2.05) is 54.2 Å². The highest BCUT2D eigenvalue weighted by Crippen LogP contribution is 2.20. The molecule has 3 rings (SSSR count). The van der Waals surface area contributed by atoms with E-state index in [0.717, 1.165) is 12.1 Å². The molecular weight excluding hydrogens is 278 g/mol. The first-order valence-electron chi connectivity index (χ1n) is 7.34. The molecule has 0 amide bonds. The van der Waals surface area contributed by atoms with Gasteiger partial charge in [0, 0.05) is 24.0 Å². The summed E-state index contributed by atoms with van der Waals surface area (Å²) in [5.74, 6) is 1.13. The van der Waals surface area contributed by atoms with Crippen molar-refractivity contribution in [3.63, 3.8) is 0 Å². The highest BCUT2D eigenvalue weighted by atomic mass is 16.4. The molecule has 6 nitrogen and oxygen atoms in total. The lowest BCUT2D eigenvalue weighted by molar-refractivity contribution is 0.362. The van der Waals surface area contributed by atoms with E-state index in [4.69, 9.17) is 4.42 Å². The summed E-state index contributed by atoms with van der Waals surface area (Å²) < 4.78 is 7.66. The monoisotopic (exact) mass is 297 g/mol. The smallest absolute Gasteiger partial charge is 0.247 e. The lowest BCUT2D eigenvalue weighted by atomic mass is 10.2. The maximum absolute atomic E-state index is 5.76. The van der Waals surface area contributed by atoms with Crippen LogP contribution in [-0.2, 0) is 6.54 Å². The number of nitrogens with one attached hydrogen (secondary N) is 1. The molecule has 3 aromatic rings. The minimum Gasteiger partial charge on any atom is -0.419 e. The molecule has 0 bridgehead atoms. The fourth-order valence-corrected chi connectivity index (χ4v) is 2.35. The van der Waals surface area contributed by atoms with Crippen molar-refractivity contribution in [2.75, 3.05) is 0 Å². The molecule has 0 unspecified atom stereocenters. The predicted octanol–water partition coefficient (Wildman–Crippen LogP) is 2.67. The summed E-state index contributed by atoms with van der Waals surface area (Å²) in [4.78, 5) is 0. The van der Waals surface area contributed by atoms with E-state index < -0.39 is 0 Å². The van der Waals surface area contributed by atoms with Gasteiger partial charge in [0.05, 0.1) is 12.6 Å². The van der Waals surface area contributed by atoms with Crippen molar-refractivity contribution in [3.05, 3.63) is 54.7 Å². The summed E-state index contributed by atoms with van der Waals surface area (Å²) in [7, 11) is 0. The standard InChI is InChI=1S/C16H19N5O/c1-12(11-21-10-6-9-17-21)18-13(2)15-19-20-16(22-15)14-7-4-3-5-8-14/h3-10,12-13,18H,11H2,1-2H3/t12-,13-/m1/s1. The van der Waals surface area contributed by atoms with Crippen molar-refractivity contribution in [3.8, 4) is 11.5 Å². The van der Waals surface area contributed by atoms with Crippen LogP contribution in [0.5, 0.6) is 0 Å². The lowest BCUT2D eigenvalue weighted by Crippen LogP contribution is -2.33.